The van der Waals surface area contributed by atoms with Crippen molar-refractivity contribution >= 4 is 17.8 Å². The maximum atomic E-state index is 13.0. The molecule has 2 amide bonds. The molecule has 3 rings (SSSR count). The zero-order valence-corrected chi connectivity index (χ0v) is 16.1. The lowest BCUT2D eigenvalue weighted by Gasteiger charge is -2.38. The van der Waals surface area contributed by atoms with E-state index < -0.39 is 0 Å². The van der Waals surface area contributed by atoms with Gasteiger partial charge < -0.3 is 15.1 Å². The van der Waals surface area contributed by atoms with Gasteiger partial charge in [0.15, 0.2) is 0 Å². The van der Waals surface area contributed by atoms with Crippen molar-refractivity contribution in [3.8, 4) is 0 Å². The van der Waals surface area contributed by atoms with Crippen molar-refractivity contribution in [2.45, 2.75) is 26.2 Å². The number of aromatic nitrogens is 2. The fourth-order valence-corrected chi connectivity index (χ4v) is 3.72. The first kappa shape index (κ1) is 19.5. The Hall–Kier alpha value is -2.22. The number of hydrogen-bond donors (Lipinski definition) is 1. The second-order valence-electron chi connectivity index (χ2n) is 7.29. The summed E-state index contributed by atoms with van der Waals surface area (Å²) < 4.78 is 0. The fraction of sp³-hybridized carbons (Fsp3) is 0.684. The van der Waals surface area contributed by atoms with Gasteiger partial charge in [0.05, 0.1) is 12.5 Å². The molecule has 2 aliphatic heterocycles. The van der Waals surface area contributed by atoms with Gasteiger partial charge in [-0.1, -0.05) is 6.92 Å². The molecule has 0 spiro atoms. The van der Waals surface area contributed by atoms with Gasteiger partial charge in [0.2, 0.25) is 17.8 Å². The minimum Gasteiger partial charge on any atom is -0.355 e. The number of nitrogens with zero attached hydrogens (tertiary/aromatic N) is 5. The lowest BCUT2D eigenvalue weighted by molar-refractivity contribution is -0.137. The normalized spacial score (nSPS) is 21.1. The third-order valence-corrected chi connectivity index (χ3v) is 5.23. The monoisotopic (exact) mass is 374 g/mol. The lowest BCUT2D eigenvalue weighted by Crippen LogP contribution is -2.54. The Balaban J connectivity index is 1.47. The molecule has 1 N–H and O–H groups in total. The molecule has 1 aromatic heterocycles. The number of rotatable bonds is 6. The lowest BCUT2D eigenvalue weighted by atomic mass is 9.96. The van der Waals surface area contributed by atoms with Crippen LogP contribution in [0.5, 0.6) is 0 Å². The van der Waals surface area contributed by atoms with Gasteiger partial charge in [0.1, 0.15) is 0 Å². The highest BCUT2D eigenvalue weighted by Crippen LogP contribution is 2.22. The van der Waals surface area contributed by atoms with Gasteiger partial charge in [0, 0.05) is 58.2 Å². The van der Waals surface area contributed by atoms with Crippen molar-refractivity contribution in [1.82, 2.24) is 25.1 Å². The van der Waals surface area contributed by atoms with Crippen LogP contribution in [-0.2, 0) is 9.59 Å². The molecule has 0 saturated carbocycles. The molecule has 1 atom stereocenters. The van der Waals surface area contributed by atoms with Crippen LogP contribution in [-0.4, -0.2) is 83.9 Å². The summed E-state index contributed by atoms with van der Waals surface area (Å²) in [4.78, 5) is 39.6. The van der Waals surface area contributed by atoms with Crippen LogP contribution in [0.2, 0.25) is 0 Å². The second kappa shape index (κ2) is 9.64. The first-order valence-electron chi connectivity index (χ1n) is 9.97. The number of anilines is 1. The van der Waals surface area contributed by atoms with E-state index in [9.17, 15) is 9.59 Å². The van der Waals surface area contributed by atoms with E-state index >= 15 is 0 Å². The number of piperidine rings is 1. The molecule has 3 heterocycles. The molecule has 0 aliphatic carbocycles. The standard InChI is InChI=1S/C19H30N6O2/c1-2-6-20-17(26)15-23-10-12-24(13-11-23)18(27)16-5-3-9-25(14-16)19-21-7-4-8-22-19/h4,7-8,16H,2-3,5-6,9-15H2,1H3,(H,20,26). The van der Waals surface area contributed by atoms with Crippen molar-refractivity contribution in [3.63, 3.8) is 0 Å². The van der Waals surface area contributed by atoms with E-state index in [-0.39, 0.29) is 17.7 Å². The Bertz CT molecular complexity index is 618. The Morgan fingerprint density at radius 2 is 1.89 bits per heavy atom. The van der Waals surface area contributed by atoms with Crippen LogP contribution in [0.15, 0.2) is 18.5 Å². The fourth-order valence-electron chi connectivity index (χ4n) is 3.72. The molecule has 8 nitrogen and oxygen atoms in total. The maximum Gasteiger partial charge on any atom is 0.234 e. The Morgan fingerprint density at radius 1 is 1.15 bits per heavy atom. The minimum absolute atomic E-state index is 0.00181. The molecular weight excluding hydrogens is 344 g/mol. The number of amides is 2. The minimum atomic E-state index is 0.00181. The predicted molar refractivity (Wildman–Crippen MR) is 103 cm³/mol. The summed E-state index contributed by atoms with van der Waals surface area (Å²) in [5.41, 5.74) is 0. The van der Waals surface area contributed by atoms with E-state index in [0.717, 1.165) is 45.4 Å². The molecule has 0 radical (unpaired) electrons. The average molecular weight is 374 g/mol. The van der Waals surface area contributed by atoms with Crippen LogP contribution in [0.4, 0.5) is 5.95 Å². The predicted octanol–water partition coefficient (Wildman–Crippen LogP) is 0.363. The Morgan fingerprint density at radius 3 is 2.59 bits per heavy atom. The molecule has 0 bridgehead atoms. The Labute approximate surface area is 160 Å². The number of nitrogens with one attached hydrogen (secondary N) is 1. The van der Waals surface area contributed by atoms with E-state index in [2.05, 4.69) is 25.1 Å². The van der Waals surface area contributed by atoms with Crippen molar-refractivity contribution in [3.05, 3.63) is 18.5 Å². The quantitative estimate of drug-likeness (QED) is 0.775. The summed E-state index contributed by atoms with van der Waals surface area (Å²) in [6.45, 7) is 7.66. The van der Waals surface area contributed by atoms with E-state index in [1.165, 1.54) is 0 Å². The van der Waals surface area contributed by atoms with Crippen LogP contribution >= 0.6 is 0 Å². The van der Waals surface area contributed by atoms with Crippen molar-refractivity contribution in [2.24, 2.45) is 5.92 Å². The summed E-state index contributed by atoms with van der Waals surface area (Å²) in [7, 11) is 0. The zero-order valence-electron chi connectivity index (χ0n) is 16.1. The molecule has 2 fully saturated rings. The summed E-state index contributed by atoms with van der Waals surface area (Å²) in [6.07, 6.45) is 6.32. The summed E-state index contributed by atoms with van der Waals surface area (Å²) >= 11 is 0. The van der Waals surface area contributed by atoms with E-state index in [0.29, 0.717) is 32.1 Å². The molecule has 1 aromatic rings. The van der Waals surface area contributed by atoms with Crippen LogP contribution in [0.3, 0.4) is 0 Å². The molecule has 27 heavy (non-hydrogen) atoms. The third kappa shape index (κ3) is 5.38. The summed E-state index contributed by atoms with van der Waals surface area (Å²) in [6, 6.07) is 1.80. The van der Waals surface area contributed by atoms with Crippen molar-refractivity contribution in [1.29, 1.82) is 0 Å². The van der Waals surface area contributed by atoms with Crippen LogP contribution in [0.1, 0.15) is 26.2 Å². The number of hydrogen-bond acceptors (Lipinski definition) is 6. The third-order valence-electron chi connectivity index (χ3n) is 5.23. The smallest absolute Gasteiger partial charge is 0.234 e. The van der Waals surface area contributed by atoms with E-state index in [1.807, 2.05) is 11.8 Å². The first-order valence-corrected chi connectivity index (χ1v) is 9.97. The topological polar surface area (TPSA) is 81.7 Å². The summed E-state index contributed by atoms with van der Waals surface area (Å²) in [5, 5.41) is 2.91. The van der Waals surface area contributed by atoms with Crippen LogP contribution in [0, 0.1) is 5.92 Å². The van der Waals surface area contributed by atoms with Crippen molar-refractivity contribution in [2.75, 3.05) is 57.3 Å². The highest BCUT2D eigenvalue weighted by molar-refractivity contribution is 5.80. The Kier molecular flexibility index (Phi) is 6.98. The van der Waals surface area contributed by atoms with Gasteiger partial charge in [0.25, 0.3) is 0 Å². The zero-order chi connectivity index (χ0) is 19.1. The van der Waals surface area contributed by atoms with Gasteiger partial charge in [-0.15, -0.1) is 0 Å². The first-order chi connectivity index (χ1) is 13.2. The second-order valence-corrected chi connectivity index (χ2v) is 7.29. The van der Waals surface area contributed by atoms with Gasteiger partial charge >= 0.3 is 0 Å². The van der Waals surface area contributed by atoms with Gasteiger partial charge in [-0.2, -0.15) is 0 Å². The number of carbonyl (C=O) groups is 2. The van der Waals surface area contributed by atoms with E-state index in [1.54, 1.807) is 18.5 Å². The molecule has 148 valence electrons. The molecule has 2 saturated heterocycles. The van der Waals surface area contributed by atoms with E-state index in [4.69, 9.17) is 0 Å². The molecular formula is C19H30N6O2. The molecule has 0 aromatic carbocycles. The SMILES string of the molecule is CCCNC(=O)CN1CCN(C(=O)C2CCCN(c3ncccn3)C2)CC1. The van der Waals surface area contributed by atoms with Crippen LogP contribution < -0.4 is 10.2 Å². The van der Waals surface area contributed by atoms with Gasteiger partial charge in [-0.25, -0.2) is 9.97 Å². The molecule has 1 unspecified atom stereocenters. The highest BCUT2D eigenvalue weighted by Gasteiger charge is 2.32. The molecule has 8 heteroatoms. The van der Waals surface area contributed by atoms with Crippen LogP contribution in [0.25, 0.3) is 0 Å². The summed E-state index contributed by atoms with van der Waals surface area (Å²) in [5.74, 6) is 1.01. The highest BCUT2D eigenvalue weighted by atomic mass is 16.2. The van der Waals surface area contributed by atoms with Gasteiger partial charge in [-0.05, 0) is 25.3 Å². The van der Waals surface area contributed by atoms with Gasteiger partial charge in [-0.3, -0.25) is 14.5 Å². The molecule has 2 aliphatic rings. The van der Waals surface area contributed by atoms with Crippen molar-refractivity contribution < 1.29 is 9.59 Å². The average Bonchev–Trinajstić information content (AvgIpc) is 2.73. The number of carbonyl (C=O) groups excluding carboxylic acids is 2. The number of piperazine rings is 1. The maximum absolute atomic E-state index is 13.0. The largest absolute Gasteiger partial charge is 0.355 e.